The molecule has 0 unspecified atom stereocenters. The fraction of sp³-hybridized carbons (Fsp3) is 0.100. The molecule has 0 saturated carbocycles. The molecule has 8 heteroatoms. The van der Waals surface area contributed by atoms with Gasteiger partial charge in [0.25, 0.3) is 0 Å². The number of halogens is 1. The highest BCUT2D eigenvalue weighted by Gasteiger charge is 2.21. The topological polar surface area (TPSA) is 75.9 Å². The van der Waals surface area contributed by atoms with Crippen LogP contribution in [0.1, 0.15) is 5.69 Å². The van der Waals surface area contributed by atoms with E-state index in [1.54, 1.807) is 12.1 Å². The Morgan fingerprint density at radius 3 is 2.71 bits per heavy atom. The fourth-order valence-electron chi connectivity index (χ4n) is 2.84. The van der Waals surface area contributed by atoms with Crippen molar-refractivity contribution in [2.24, 2.45) is 0 Å². The van der Waals surface area contributed by atoms with Crippen molar-refractivity contribution in [2.45, 2.75) is 12.1 Å². The minimum Gasteiger partial charge on any atom is -0.285 e. The molecule has 0 aliphatic carbocycles. The lowest BCUT2D eigenvalue weighted by atomic mass is 10.0. The Bertz CT molecular complexity index is 1270. The fourth-order valence-corrected chi connectivity index (χ4v) is 3.49. The molecular formula is C20H14ClN5OS. The van der Waals surface area contributed by atoms with Crippen LogP contribution in [-0.4, -0.2) is 30.3 Å². The van der Waals surface area contributed by atoms with Gasteiger partial charge in [0, 0.05) is 10.7 Å². The van der Waals surface area contributed by atoms with Crippen molar-refractivity contribution in [3.05, 3.63) is 63.7 Å². The van der Waals surface area contributed by atoms with Gasteiger partial charge in [-0.05, 0) is 36.8 Å². The number of pyridine rings is 1. The smallest absolute Gasteiger partial charge is 0.285 e. The number of fused-ring (bicyclic) bond motifs is 1. The number of aromatic amines is 1. The van der Waals surface area contributed by atoms with Crippen LogP contribution in [0.15, 0.2) is 52.4 Å². The van der Waals surface area contributed by atoms with E-state index in [1.807, 2.05) is 37.3 Å². The van der Waals surface area contributed by atoms with E-state index in [4.69, 9.17) is 18.0 Å². The van der Waals surface area contributed by atoms with E-state index in [1.165, 1.54) is 16.3 Å². The maximum absolute atomic E-state index is 12.6. The van der Waals surface area contributed by atoms with Crippen LogP contribution >= 0.6 is 23.4 Å². The molecule has 1 aromatic carbocycles. The molecule has 4 aromatic rings. The van der Waals surface area contributed by atoms with E-state index in [-0.39, 0.29) is 0 Å². The molecule has 0 radical (unpaired) electrons. The second-order valence-corrected chi connectivity index (χ2v) is 7.37. The van der Waals surface area contributed by atoms with E-state index in [9.17, 15) is 4.79 Å². The molecule has 0 saturated heterocycles. The predicted molar refractivity (Wildman–Crippen MR) is 112 cm³/mol. The Morgan fingerprint density at radius 1 is 1.21 bits per heavy atom. The summed E-state index contributed by atoms with van der Waals surface area (Å²) in [5.74, 6) is 2.93. The van der Waals surface area contributed by atoms with Crippen molar-refractivity contribution >= 4 is 29.0 Å². The second-order valence-electron chi connectivity index (χ2n) is 5.97. The predicted octanol–water partition coefficient (Wildman–Crippen LogP) is 3.83. The van der Waals surface area contributed by atoms with Crippen LogP contribution in [0.4, 0.5) is 0 Å². The molecule has 6 nitrogen and oxygen atoms in total. The number of terminal acetylenes is 1. The third-order valence-electron chi connectivity index (χ3n) is 4.03. The number of H-pyrrole nitrogens is 1. The van der Waals surface area contributed by atoms with Gasteiger partial charge in [-0.15, -0.1) is 6.42 Å². The molecule has 0 aliphatic heterocycles. The number of hydrogen-bond donors (Lipinski definition) is 1. The van der Waals surface area contributed by atoms with Gasteiger partial charge in [0.1, 0.15) is 5.69 Å². The Morgan fingerprint density at radius 2 is 2.00 bits per heavy atom. The number of aromatic nitrogens is 5. The normalized spacial score (nSPS) is 10.9. The number of thioether (sulfide) groups is 1. The van der Waals surface area contributed by atoms with E-state index >= 15 is 0 Å². The SMILES string of the molecule is C#CCSc1nc2c(-c3ccc(Cl)cc3)c(-c3cccc(C)n3)nn2c(=O)[nH]1. The Labute approximate surface area is 170 Å². The zero-order valence-corrected chi connectivity index (χ0v) is 16.4. The van der Waals surface area contributed by atoms with E-state index in [0.29, 0.717) is 38.5 Å². The largest absolute Gasteiger partial charge is 0.350 e. The van der Waals surface area contributed by atoms with Crippen molar-refractivity contribution in [3.8, 4) is 34.9 Å². The number of benzene rings is 1. The number of nitrogens with zero attached hydrogens (tertiary/aromatic N) is 4. The summed E-state index contributed by atoms with van der Waals surface area (Å²) in [5, 5.41) is 5.57. The van der Waals surface area contributed by atoms with Crippen LogP contribution in [0.3, 0.4) is 0 Å². The maximum Gasteiger partial charge on any atom is 0.350 e. The molecule has 28 heavy (non-hydrogen) atoms. The van der Waals surface area contributed by atoms with Crippen molar-refractivity contribution in [1.82, 2.24) is 24.6 Å². The third-order valence-corrected chi connectivity index (χ3v) is 5.06. The van der Waals surface area contributed by atoms with E-state index in [0.717, 1.165) is 11.3 Å². The Balaban J connectivity index is 2.04. The minimum atomic E-state index is -0.390. The van der Waals surface area contributed by atoms with E-state index < -0.39 is 5.69 Å². The van der Waals surface area contributed by atoms with Gasteiger partial charge >= 0.3 is 5.69 Å². The first kappa shape index (κ1) is 18.3. The summed E-state index contributed by atoms with van der Waals surface area (Å²) in [7, 11) is 0. The van der Waals surface area contributed by atoms with Gasteiger partial charge in [0.15, 0.2) is 10.8 Å². The lowest BCUT2D eigenvalue weighted by Gasteiger charge is -2.04. The molecule has 3 aromatic heterocycles. The highest BCUT2D eigenvalue weighted by atomic mass is 35.5. The Kier molecular flexibility index (Phi) is 4.90. The van der Waals surface area contributed by atoms with Crippen LogP contribution in [0.5, 0.6) is 0 Å². The van der Waals surface area contributed by atoms with Gasteiger partial charge in [-0.25, -0.2) is 9.78 Å². The van der Waals surface area contributed by atoms with Crippen LogP contribution < -0.4 is 5.69 Å². The molecule has 0 amide bonds. The molecule has 0 spiro atoms. The average Bonchev–Trinajstić information content (AvgIpc) is 3.07. The van der Waals surface area contributed by atoms with Gasteiger partial charge < -0.3 is 0 Å². The van der Waals surface area contributed by atoms with Gasteiger partial charge in [-0.2, -0.15) is 9.61 Å². The number of hydrogen-bond acceptors (Lipinski definition) is 5. The first-order valence-electron chi connectivity index (χ1n) is 8.36. The summed E-state index contributed by atoms with van der Waals surface area (Å²) < 4.78 is 1.25. The molecule has 3 heterocycles. The molecule has 0 bridgehead atoms. The molecule has 4 rings (SSSR count). The summed E-state index contributed by atoms with van der Waals surface area (Å²) >= 11 is 7.33. The monoisotopic (exact) mass is 407 g/mol. The van der Waals surface area contributed by atoms with Gasteiger partial charge in [0.05, 0.1) is 17.0 Å². The summed E-state index contributed by atoms with van der Waals surface area (Å²) in [6, 6.07) is 13.0. The number of nitrogens with one attached hydrogen (secondary N) is 1. The summed E-state index contributed by atoms with van der Waals surface area (Å²) in [4.78, 5) is 24.5. The highest BCUT2D eigenvalue weighted by Crippen LogP contribution is 2.34. The lowest BCUT2D eigenvalue weighted by Crippen LogP contribution is -2.19. The molecule has 0 fully saturated rings. The van der Waals surface area contributed by atoms with Crippen LogP contribution in [-0.2, 0) is 0 Å². The van der Waals surface area contributed by atoms with Crippen LogP contribution in [0.2, 0.25) is 5.02 Å². The van der Waals surface area contributed by atoms with Crippen molar-refractivity contribution in [1.29, 1.82) is 0 Å². The van der Waals surface area contributed by atoms with Crippen LogP contribution in [0, 0.1) is 19.3 Å². The molecular weight excluding hydrogens is 394 g/mol. The quantitative estimate of drug-likeness (QED) is 0.411. The molecule has 138 valence electrons. The van der Waals surface area contributed by atoms with Crippen molar-refractivity contribution < 1.29 is 0 Å². The summed E-state index contributed by atoms with van der Waals surface area (Å²) in [6.45, 7) is 1.90. The van der Waals surface area contributed by atoms with Crippen LogP contribution in [0.25, 0.3) is 28.2 Å². The highest BCUT2D eigenvalue weighted by molar-refractivity contribution is 7.99. The first-order valence-corrected chi connectivity index (χ1v) is 9.72. The minimum absolute atomic E-state index is 0.390. The third kappa shape index (κ3) is 3.40. The van der Waals surface area contributed by atoms with Gasteiger partial charge in [-0.1, -0.05) is 47.5 Å². The average molecular weight is 408 g/mol. The van der Waals surface area contributed by atoms with Gasteiger partial charge in [-0.3, -0.25) is 9.97 Å². The van der Waals surface area contributed by atoms with E-state index in [2.05, 4.69) is 26.0 Å². The number of aryl methyl sites for hydroxylation is 1. The standard InChI is InChI=1S/C20H14ClN5OS/c1-3-11-28-19-23-18-16(13-7-9-14(21)10-8-13)17(25-26(18)20(27)24-19)15-6-4-5-12(2)22-15/h1,4-10H,11H2,2H3,(H,23,24,27). The van der Waals surface area contributed by atoms with Crippen molar-refractivity contribution in [3.63, 3.8) is 0 Å². The molecule has 0 atom stereocenters. The maximum atomic E-state index is 12.6. The van der Waals surface area contributed by atoms with Crippen molar-refractivity contribution in [2.75, 3.05) is 5.75 Å². The second kappa shape index (κ2) is 7.50. The molecule has 0 aliphatic rings. The first-order chi connectivity index (χ1) is 13.6. The lowest BCUT2D eigenvalue weighted by molar-refractivity contribution is 0.788. The number of rotatable bonds is 4. The Hall–Kier alpha value is -3.08. The summed E-state index contributed by atoms with van der Waals surface area (Å²) in [6.07, 6.45) is 5.33. The van der Waals surface area contributed by atoms with Gasteiger partial charge in [0.2, 0.25) is 0 Å². The summed E-state index contributed by atoms with van der Waals surface area (Å²) in [5.41, 5.74) is 3.68. The molecule has 1 N–H and O–H groups in total. The zero-order valence-electron chi connectivity index (χ0n) is 14.8. The zero-order chi connectivity index (χ0) is 19.7.